The molecule has 20 heavy (non-hydrogen) atoms. The summed E-state index contributed by atoms with van der Waals surface area (Å²) in [6.45, 7) is 2.32. The van der Waals surface area contributed by atoms with Crippen molar-refractivity contribution in [2.45, 2.75) is 70.3 Å². The summed E-state index contributed by atoms with van der Waals surface area (Å²) in [5.74, 6) is 3.82. The predicted octanol–water partition coefficient (Wildman–Crippen LogP) is 3.29. The first-order valence-corrected chi connectivity index (χ1v) is 8.26. The van der Waals surface area contributed by atoms with Crippen molar-refractivity contribution in [2.75, 3.05) is 7.05 Å². The first-order valence-electron chi connectivity index (χ1n) is 8.26. The van der Waals surface area contributed by atoms with E-state index in [0.717, 1.165) is 24.1 Å². The molecule has 2 saturated carbocycles. The number of aromatic nitrogens is 2. The molecule has 4 unspecified atom stereocenters. The molecular formula is C16H27N3O. The Labute approximate surface area is 121 Å². The van der Waals surface area contributed by atoms with Gasteiger partial charge in [0.15, 0.2) is 5.82 Å². The van der Waals surface area contributed by atoms with Crippen molar-refractivity contribution in [1.29, 1.82) is 0 Å². The molecule has 2 fully saturated rings. The molecule has 4 atom stereocenters. The lowest BCUT2D eigenvalue weighted by Gasteiger charge is -2.30. The second kappa shape index (κ2) is 6.25. The molecule has 3 rings (SSSR count). The Bertz CT molecular complexity index is 431. The normalized spacial score (nSPS) is 34.5. The maximum atomic E-state index is 5.52. The zero-order valence-corrected chi connectivity index (χ0v) is 12.8. The van der Waals surface area contributed by atoms with Crippen molar-refractivity contribution in [3.63, 3.8) is 0 Å². The van der Waals surface area contributed by atoms with E-state index in [1.165, 1.54) is 44.9 Å². The molecule has 0 bridgehead atoms. The number of rotatable bonds is 4. The molecule has 1 aromatic rings. The minimum Gasteiger partial charge on any atom is -0.339 e. The molecule has 1 aromatic heterocycles. The second-order valence-corrected chi connectivity index (χ2v) is 6.81. The lowest BCUT2D eigenvalue weighted by atomic mass is 9.82. The van der Waals surface area contributed by atoms with Gasteiger partial charge < -0.3 is 9.84 Å². The van der Waals surface area contributed by atoms with Crippen LogP contribution in [0.1, 0.15) is 69.5 Å². The summed E-state index contributed by atoms with van der Waals surface area (Å²) in [5, 5.41) is 7.69. The van der Waals surface area contributed by atoms with Crippen LogP contribution in [0.3, 0.4) is 0 Å². The molecule has 0 aliphatic heterocycles. The van der Waals surface area contributed by atoms with E-state index >= 15 is 0 Å². The van der Waals surface area contributed by atoms with Crippen LogP contribution in [0.5, 0.6) is 0 Å². The summed E-state index contributed by atoms with van der Waals surface area (Å²) < 4.78 is 5.52. The average Bonchev–Trinajstić information content (AvgIpc) is 3.08. The average molecular weight is 277 g/mol. The van der Waals surface area contributed by atoms with Gasteiger partial charge in [-0.05, 0) is 51.0 Å². The van der Waals surface area contributed by atoms with Gasteiger partial charge in [0, 0.05) is 18.4 Å². The van der Waals surface area contributed by atoms with Gasteiger partial charge in [-0.15, -0.1) is 0 Å². The number of nitrogens with zero attached hydrogens (tertiary/aromatic N) is 2. The fraction of sp³-hybridized carbons (Fsp3) is 0.875. The van der Waals surface area contributed by atoms with Gasteiger partial charge in [0.25, 0.3) is 0 Å². The van der Waals surface area contributed by atoms with Crippen LogP contribution in [0.2, 0.25) is 0 Å². The fourth-order valence-corrected chi connectivity index (χ4v) is 4.01. The van der Waals surface area contributed by atoms with E-state index in [4.69, 9.17) is 4.52 Å². The molecule has 0 spiro atoms. The minimum absolute atomic E-state index is 0.536. The van der Waals surface area contributed by atoms with Gasteiger partial charge in [-0.2, -0.15) is 4.98 Å². The highest BCUT2D eigenvalue weighted by molar-refractivity contribution is 5.00. The Hall–Kier alpha value is -0.900. The molecule has 0 radical (unpaired) electrons. The van der Waals surface area contributed by atoms with Crippen LogP contribution >= 0.6 is 0 Å². The summed E-state index contributed by atoms with van der Waals surface area (Å²) >= 11 is 0. The van der Waals surface area contributed by atoms with Crippen LogP contribution in [-0.2, 0) is 6.42 Å². The third-order valence-corrected chi connectivity index (χ3v) is 5.26. The highest BCUT2D eigenvalue weighted by Gasteiger charge is 2.29. The third-order valence-electron chi connectivity index (χ3n) is 5.26. The van der Waals surface area contributed by atoms with E-state index in [2.05, 4.69) is 29.4 Å². The SMILES string of the molecule is CNC1CCCCC1Cc1nc(C2CCC(C)C2)no1. The van der Waals surface area contributed by atoms with Gasteiger partial charge in [-0.25, -0.2) is 0 Å². The van der Waals surface area contributed by atoms with Crippen molar-refractivity contribution >= 4 is 0 Å². The molecule has 2 aliphatic rings. The fourth-order valence-electron chi connectivity index (χ4n) is 4.01. The van der Waals surface area contributed by atoms with E-state index in [1.54, 1.807) is 0 Å². The van der Waals surface area contributed by atoms with E-state index < -0.39 is 0 Å². The number of hydrogen-bond acceptors (Lipinski definition) is 4. The summed E-state index contributed by atoms with van der Waals surface area (Å²) in [7, 11) is 2.07. The summed E-state index contributed by atoms with van der Waals surface area (Å²) in [6.07, 6.45) is 9.94. The quantitative estimate of drug-likeness (QED) is 0.917. The van der Waals surface area contributed by atoms with Gasteiger partial charge in [0.1, 0.15) is 0 Å². The smallest absolute Gasteiger partial charge is 0.226 e. The molecule has 1 N–H and O–H groups in total. The van der Waals surface area contributed by atoms with Crippen molar-refractivity contribution in [3.8, 4) is 0 Å². The van der Waals surface area contributed by atoms with Crippen molar-refractivity contribution in [3.05, 3.63) is 11.7 Å². The van der Waals surface area contributed by atoms with E-state index in [9.17, 15) is 0 Å². The van der Waals surface area contributed by atoms with Crippen LogP contribution in [-0.4, -0.2) is 23.2 Å². The summed E-state index contributed by atoms with van der Waals surface area (Å²) in [5.41, 5.74) is 0. The van der Waals surface area contributed by atoms with Crippen molar-refractivity contribution in [1.82, 2.24) is 15.5 Å². The lowest BCUT2D eigenvalue weighted by Crippen LogP contribution is -2.37. The Kier molecular flexibility index (Phi) is 4.39. The molecule has 0 aromatic carbocycles. The Balaban J connectivity index is 1.61. The summed E-state index contributed by atoms with van der Waals surface area (Å²) in [4.78, 5) is 4.68. The predicted molar refractivity (Wildman–Crippen MR) is 78.6 cm³/mol. The van der Waals surface area contributed by atoms with Gasteiger partial charge in [0.2, 0.25) is 5.89 Å². The molecule has 4 heteroatoms. The van der Waals surface area contributed by atoms with Crippen LogP contribution in [0.25, 0.3) is 0 Å². The topological polar surface area (TPSA) is 51.0 Å². The van der Waals surface area contributed by atoms with Crippen LogP contribution < -0.4 is 5.32 Å². The number of hydrogen-bond donors (Lipinski definition) is 1. The standard InChI is InChI=1S/C16H27N3O/c1-11-7-8-13(9-11)16-18-15(20-19-16)10-12-5-3-4-6-14(12)17-2/h11-14,17H,3-10H2,1-2H3. The maximum absolute atomic E-state index is 5.52. The number of nitrogens with one attached hydrogen (secondary N) is 1. The maximum Gasteiger partial charge on any atom is 0.226 e. The monoisotopic (exact) mass is 277 g/mol. The van der Waals surface area contributed by atoms with Crippen LogP contribution in [0.4, 0.5) is 0 Å². The van der Waals surface area contributed by atoms with Gasteiger partial charge in [-0.3, -0.25) is 0 Å². The van der Waals surface area contributed by atoms with E-state index in [1.807, 2.05) is 0 Å². The zero-order valence-electron chi connectivity index (χ0n) is 12.8. The zero-order chi connectivity index (χ0) is 13.9. The molecular weight excluding hydrogens is 250 g/mol. The summed E-state index contributed by atoms with van der Waals surface area (Å²) in [6, 6.07) is 0.616. The Morgan fingerprint density at radius 2 is 2.05 bits per heavy atom. The first-order chi connectivity index (χ1) is 9.76. The van der Waals surface area contributed by atoms with Gasteiger partial charge in [0.05, 0.1) is 0 Å². The molecule has 1 heterocycles. The third kappa shape index (κ3) is 3.05. The second-order valence-electron chi connectivity index (χ2n) is 6.81. The van der Waals surface area contributed by atoms with Crippen molar-refractivity contribution < 1.29 is 4.52 Å². The van der Waals surface area contributed by atoms with Crippen molar-refractivity contribution in [2.24, 2.45) is 11.8 Å². The van der Waals surface area contributed by atoms with E-state index in [-0.39, 0.29) is 0 Å². The molecule has 112 valence electrons. The molecule has 0 amide bonds. The van der Waals surface area contributed by atoms with Gasteiger partial charge >= 0.3 is 0 Å². The largest absolute Gasteiger partial charge is 0.339 e. The van der Waals surface area contributed by atoms with Gasteiger partial charge in [-0.1, -0.05) is 24.9 Å². The van der Waals surface area contributed by atoms with Crippen LogP contribution in [0, 0.1) is 11.8 Å². The Morgan fingerprint density at radius 3 is 2.80 bits per heavy atom. The molecule has 0 saturated heterocycles. The Morgan fingerprint density at radius 1 is 1.20 bits per heavy atom. The highest BCUT2D eigenvalue weighted by Crippen LogP contribution is 2.36. The molecule has 4 nitrogen and oxygen atoms in total. The first kappa shape index (κ1) is 14.1. The lowest BCUT2D eigenvalue weighted by molar-refractivity contribution is 0.248. The van der Waals surface area contributed by atoms with Crippen LogP contribution in [0.15, 0.2) is 4.52 Å². The minimum atomic E-state index is 0.536. The highest BCUT2D eigenvalue weighted by atomic mass is 16.5. The molecule has 2 aliphatic carbocycles. The van der Waals surface area contributed by atoms with E-state index in [0.29, 0.717) is 17.9 Å².